The number of aromatic amines is 2. The van der Waals surface area contributed by atoms with Gasteiger partial charge in [0.15, 0.2) is 11.6 Å². The standard InChI is InChI=1S/C32H36N2O4.C28H29NO3/c1-5-32(4)19-26-17-25(29(35)11-10-27-21(2)16-22(3)33-31(27)36)18-28(30(26)38-32)24-8-6-23(7-9-24)20-34-12-14-37-15-13-34;1-6-28(5)16-22-14-21(15-24(26(22)32-28)20-9-7-17(2)8-10-20)25(30)12-11-23-18(3)13-19(4)29-27(23)31/h5-9,16-18H,1,10-15,19-20H2,2-4H3,(H,33,36);6-10,13-15H,1,11-12,16H2,2-5H3,(H,29,31). The first-order chi connectivity index (χ1) is 33.4. The number of hydrogen-bond donors (Lipinski definition) is 2. The number of nitrogens with zero attached hydrogens (tertiary/aromatic N) is 1. The molecule has 0 aliphatic carbocycles. The van der Waals surface area contributed by atoms with Gasteiger partial charge >= 0.3 is 0 Å². The molecule has 4 aromatic carbocycles. The molecule has 5 heterocycles. The van der Waals surface area contributed by atoms with Crippen LogP contribution >= 0.6 is 0 Å². The van der Waals surface area contributed by atoms with Gasteiger partial charge in [0.2, 0.25) is 0 Å². The van der Waals surface area contributed by atoms with Crippen molar-refractivity contribution >= 4 is 11.6 Å². The first-order valence-corrected chi connectivity index (χ1v) is 24.3. The van der Waals surface area contributed by atoms with Gasteiger partial charge in [0, 0.05) is 90.1 Å². The fraction of sp³-hybridized carbons (Fsp3) is 0.333. The molecule has 0 saturated carbocycles. The fourth-order valence-corrected chi connectivity index (χ4v) is 9.85. The van der Waals surface area contributed by atoms with E-state index in [1.165, 1.54) is 11.1 Å². The van der Waals surface area contributed by atoms with Gasteiger partial charge in [-0.05, 0) is 149 Å². The van der Waals surface area contributed by atoms with Crippen molar-refractivity contribution in [3.05, 3.63) is 198 Å². The lowest BCUT2D eigenvalue weighted by Gasteiger charge is -2.26. The molecular weight excluding hydrogens is 875 g/mol. The third kappa shape index (κ3) is 11.1. The van der Waals surface area contributed by atoms with E-state index in [1.54, 1.807) is 0 Å². The van der Waals surface area contributed by atoms with Crippen LogP contribution < -0.4 is 20.6 Å². The summed E-state index contributed by atoms with van der Waals surface area (Å²) in [6.45, 7) is 25.9. The number of benzene rings is 4. The Balaban J connectivity index is 0.000000191. The van der Waals surface area contributed by atoms with Crippen molar-refractivity contribution < 1.29 is 23.8 Å². The summed E-state index contributed by atoms with van der Waals surface area (Å²) in [6.07, 6.45) is 6.34. The molecule has 2 aromatic heterocycles. The van der Waals surface area contributed by atoms with Crippen LogP contribution in [0.15, 0.2) is 120 Å². The second-order valence-corrected chi connectivity index (χ2v) is 19.8. The molecule has 0 bridgehead atoms. The largest absolute Gasteiger partial charge is 0.482 e. The van der Waals surface area contributed by atoms with E-state index in [2.05, 4.69) is 76.6 Å². The predicted octanol–water partition coefficient (Wildman–Crippen LogP) is 10.8. The summed E-state index contributed by atoms with van der Waals surface area (Å²) < 4.78 is 18.1. The topological polar surface area (TPSA) is 131 Å². The number of pyridine rings is 2. The number of rotatable bonds is 14. The normalized spacial score (nSPS) is 18.2. The van der Waals surface area contributed by atoms with Crippen LogP contribution in [0.5, 0.6) is 11.5 Å². The molecule has 0 spiro atoms. The zero-order valence-electron chi connectivity index (χ0n) is 41.7. The quantitative estimate of drug-likeness (QED) is 0.0815. The summed E-state index contributed by atoms with van der Waals surface area (Å²) in [5, 5.41) is 0. The summed E-state index contributed by atoms with van der Waals surface area (Å²) in [5.74, 6) is 1.67. The van der Waals surface area contributed by atoms with Gasteiger partial charge in [0.05, 0.1) is 13.2 Å². The summed E-state index contributed by atoms with van der Waals surface area (Å²) >= 11 is 0. The maximum absolute atomic E-state index is 13.4. The molecule has 2 atom stereocenters. The first-order valence-electron chi connectivity index (χ1n) is 24.3. The number of morpholine rings is 1. The van der Waals surface area contributed by atoms with Crippen LogP contribution in [-0.2, 0) is 37.0 Å². The highest BCUT2D eigenvalue weighted by atomic mass is 16.5. The monoisotopic (exact) mass is 939 g/mol. The van der Waals surface area contributed by atoms with Crippen LogP contribution in [0.1, 0.15) is 103 Å². The van der Waals surface area contributed by atoms with E-state index < -0.39 is 11.2 Å². The zero-order valence-corrected chi connectivity index (χ0v) is 41.7. The van der Waals surface area contributed by atoms with Crippen molar-refractivity contribution in [2.45, 2.75) is 105 Å². The Bertz CT molecular complexity index is 3100. The molecule has 6 aromatic rings. The van der Waals surface area contributed by atoms with Crippen molar-refractivity contribution in [1.82, 2.24) is 14.9 Å². The molecule has 362 valence electrons. The van der Waals surface area contributed by atoms with Crippen LogP contribution in [-0.4, -0.2) is 63.9 Å². The lowest BCUT2D eigenvalue weighted by molar-refractivity contribution is 0.0342. The highest BCUT2D eigenvalue weighted by molar-refractivity contribution is 5.99. The molecule has 2 N–H and O–H groups in total. The second kappa shape index (κ2) is 20.6. The van der Waals surface area contributed by atoms with E-state index in [0.29, 0.717) is 47.9 Å². The molecular formula is C60H65N3O7. The lowest BCUT2D eigenvalue weighted by atomic mass is 9.92. The summed E-state index contributed by atoms with van der Waals surface area (Å²) in [5.41, 5.74) is 13.2. The van der Waals surface area contributed by atoms with Crippen LogP contribution in [0, 0.1) is 34.6 Å². The zero-order chi connectivity index (χ0) is 49.9. The van der Waals surface area contributed by atoms with Crippen LogP contribution in [0.25, 0.3) is 22.3 Å². The van der Waals surface area contributed by atoms with Crippen molar-refractivity contribution in [2.75, 3.05) is 26.3 Å². The van der Waals surface area contributed by atoms with Crippen molar-refractivity contribution in [1.29, 1.82) is 0 Å². The Hall–Kier alpha value is -6.88. The number of aryl methyl sites for hydroxylation is 5. The molecule has 70 heavy (non-hydrogen) atoms. The average Bonchev–Trinajstić information content (AvgIpc) is 3.87. The van der Waals surface area contributed by atoms with E-state index in [9.17, 15) is 19.2 Å². The summed E-state index contributed by atoms with van der Waals surface area (Å²) in [7, 11) is 0. The maximum atomic E-state index is 13.4. The van der Waals surface area contributed by atoms with Gasteiger partial charge in [-0.25, -0.2) is 0 Å². The number of Topliss-reactive ketones (excluding diaryl/α,β-unsaturated/α-hetero) is 2. The second-order valence-electron chi connectivity index (χ2n) is 19.8. The van der Waals surface area contributed by atoms with E-state index in [1.807, 2.05) is 97.0 Å². The average molecular weight is 940 g/mol. The molecule has 0 radical (unpaired) electrons. The summed E-state index contributed by atoms with van der Waals surface area (Å²) in [4.78, 5) is 59.5. The van der Waals surface area contributed by atoms with Crippen molar-refractivity contribution in [2.24, 2.45) is 0 Å². The molecule has 1 saturated heterocycles. The SMILES string of the molecule is C=CC1(C)Cc2cc(C(=O)CCc3c(C)cc(C)[nH]c3=O)cc(-c3ccc(C)cc3)c2O1.C=CC1(C)Cc2cc(C(=O)CCc3c(C)cc(C)[nH]c3=O)cc(-c3ccc(CN4CCOCC4)cc3)c2O1. The van der Waals surface area contributed by atoms with Gasteiger partial charge in [0.1, 0.15) is 22.7 Å². The maximum Gasteiger partial charge on any atom is 0.251 e. The number of fused-ring (bicyclic) bond motifs is 2. The lowest BCUT2D eigenvalue weighted by Crippen LogP contribution is -2.35. The van der Waals surface area contributed by atoms with Gasteiger partial charge in [0.25, 0.3) is 11.1 Å². The van der Waals surface area contributed by atoms with Crippen LogP contribution in [0.2, 0.25) is 0 Å². The molecule has 3 aliphatic heterocycles. The number of nitrogens with one attached hydrogen (secondary N) is 2. The van der Waals surface area contributed by atoms with Crippen LogP contribution in [0.3, 0.4) is 0 Å². The van der Waals surface area contributed by atoms with Crippen molar-refractivity contribution in [3.63, 3.8) is 0 Å². The van der Waals surface area contributed by atoms with Gasteiger partial charge in [-0.2, -0.15) is 0 Å². The van der Waals surface area contributed by atoms with E-state index in [0.717, 1.165) is 100 Å². The number of carbonyl (C=O) groups excluding carboxylic acids is 2. The molecule has 0 amide bonds. The highest BCUT2D eigenvalue weighted by Gasteiger charge is 2.36. The number of ether oxygens (including phenoxy) is 3. The molecule has 1 fully saturated rings. The first kappa shape index (κ1) is 49.5. The summed E-state index contributed by atoms with van der Waals surface area (Å²) in [6, 6.07) is 28.4. The third-order valence-electron chi connectivity index (χ3n) is 13.9. The molecule has 10 heteroatoms. The van der Waals surface area contributed by atoms with E-state index in [-0.39, 0.29) is 35.5 Å². The van der Waals surface area contributed by atoms with E-state index in [4.69, 9.17) is 14.2 Å². The van der Waals surface area contributed by atoms with Crippen molar-refractivity contribution in [3.8, 4) is 33.8 Å². The molecule has 2 unspecified atom stereocenters. The number of H-pyrrole nitrogens is 2. The highest BCUT2D eigenvalue weighted by Crippen LogP contribution is 2.45. The Morgan fingerprint density at radius 3 is 1.47 bits per heavy atom. The van der Waals surface area contributed by atoms with Gasteiger partial charge < -0.3 is 24.2 Å². The Morgan fingerprint density at radius 1 is 0.629 bits per heavy atom. The smallest absolute Gasteiger partial charge is 0.251 e. The molecule has 10 nitrogen and oxygen atoms in total. The van der Waals surface area contributed by atoms with Crippen LogP contribution in [0.4, 0.5) is 0 Å². The minimum Gasteiger partial charge on any atom is -0.482 e. The number of hydrogen-bond acceptors (Lipinski definition) is 8. The minimum absolute atomic E-state index is 0.0181. The van der Waals surface area contributed by atoms with Gasteiger partial charge in [-0.1, -0.05) is 67.3 Å². The number of aromatic nitrogens is 2. The Morgan fingerprint density at radius 2 is 1.06 bits per heavy atom. The number of carbonyl (C=O) groups is 2. The Labute approximate surface area is 411 Å². The molecule has 9 rings (SSSR count). The van der Waals surface area contributed by atoms with Gasteiger partial charge in [-0.15, -0.1) is 0 Å². The fourth-order valence-electron chi connectivity index (χ4n) is 9.85. The Kier molecular flexibility index (Phi) is 14.6. The van der Waals surface area contributed by atoms with E-state index >= 15 is 0 Å². The minimum atomic E-state index is -0.513. The third-order valence-corrected chi connectivity index (χ3v) is 13.9. The number of ketones is 2. The molecule has 3 aliphatic rings. The predicted molar refractivity (Wildman–Crippen MR) is 279 cm³/mol. The van der Waals surface area contributed by atoms with Gasteiger partial charge in [-0.3, -0.25) is 24.1 Å².